The van der Waals surface area contributed by atoms with Crippen molar-refractivity contribution in [3.05, 3.63) is 101 Å². The highest BCUT2D eigenvalue weighted by molar-refractivity contribution is 6.08. The molecule has 2 aromatic heterocycles. The van der Waals surface area contributed by atoms with Crippen molar-refractivity contribution >= 4 is 33.8 Å². The van der Waals surface area contributed by atoms with Crippen LogP contribution in [0, 0.1) is 10.1 Å². The van der Waals surface area contributed by atoms with E-state index < -0.39 is 4.92 Å². The van der Waals surface area contributed by atoms with E-state index in [9.17, 15) is 14.9 Å². The van der Waals surface area contributed by atoms with E-state index in [4.69, 9.17) is 4.74 Å². The van der Waals surface area contributed by atoms with Crippen molar-refractivity contribution in [3.8, 4) is 11.5 Å². The van der Waals surface area contributed by atoms with E-state index in [-0.39, 0.29) is 17.3 Å². The van der Waals surface area contributed by atoms with Crippen LogP contribution >= 0.6 is 0 Å². The fourth-order valence-corrected chi connectivity index (χ4v) is 3.35. The first-order valence-corrected chi connectivity index (χ1v) is 9.64. The van der Waals surface area contributed by atoms with Gasteiger partial charge in [-0.2, -0.15) is 5.10 Å². The van der Waals surface area contributed by atoms with Crippen molar-refractivity contribution in [1.82, 2.24) is 14.6 Å². The molecule has 5 aromatic rings. The number of fused-ring (bicyclic) bond motifs is 3. The lowest BCUT2D eigenvalue weighted by molar-refractivity contribution is -0.385. The molecule has 1 amide bonds. The number of hydrogen-bond acceptors (Lipinski definition) is 6. The quantitative estimate of drug-likeness (QED) is 0.319. The number of hydrogen-bond donors (Lipinski definition) is 1. The Bertz CT molecular complexity index is 1480. The van der Waals surface area contributed by atoms with Gasteiger partial charge in [0.05, 0.1) is 16.6 Å². The minimum atomic E-state index is -0.503. The number of nitro benzene ring substituents is 1. The number of benzene rings is 3. The van der Waals surface area contributed by atoms with Crippen LogP contribution in [0.5, 0.6) is 11.5 Å². The Morgan fingerprint density at radius 2 is 1.72 bits per heavy atom. The standard InChI is InChI=1S/C23H15N5O4/c29-23(18-14-25-27-19-6-2-1-5-15(19)13-24-22(18)27)26-16-9-11-17(12-10-16)32-21-8-4-3-7-20(21)28(30)31/h1-14H,(H,26,29). The highest BCUT2D eigenvalue weighted by atomic mass is 16.6. The number of anilines is 1. The molecule has 0 aliphatic heterocycles. The molecule has 0 bridgehead atoms. The van der Waals surface area contributed by atoms with Crippen LogP contribution in [-0.2, 0) is 0 Å². The van der Waals surface area contributed by atoms with E-state index in [0.29, 0.717) is 22.6 Å². The molecule has 0 aliphatic carbocycles. The SMILES string of the molecule is O=C(Nc1ccc(Oc2ccccc2[N+](=O)[O-])cc1)c1cnn2c1ncc1ccccc12. The average molecular weight is 425 g/mol. The lowest BCUT2D eigenvalue weighted by Gasteiger charge is -2.08. The zero-order chi connectivity index (χ0) is 22.1. The summed E-state index contributed by atoms with van der Waals surface area (Å²) in [6, 6.07) is 20.3. The van der Waals surface area contributed by atoms with Gasteiger partial charge in [0.2, 0.25) is 5.75 Å². The Kier molecular flexibility index (Phi) is 4.68. The monoisotopic (exact) mass is 425 g/mol. The molecular formula is C23H15N5O4. The molecule has 0 saturated carbocycles. The summed E-state index contributed by atoms with van der Waals surface area (Å²) in [4.78, 5) is 27.8. The Labute approximate surface area is 181 Å². The molecular weight excluding hydrogens is 410 g/mol. The van der Waals surface area contributed by atoms with Gasteiger partial charge in [-0.25, -0.2) is 9.50 Å². The smallest absolute Gasteiger partial charge is 0.311 e. The maximum absolute atomic E-state index is 12.8. The van der Waals surface area contributed by atoms with E-state index in [2.05, 4.69) is 15.4 Å². The largest absolute Gasteiger partial charge is 0.450 e. The lowest BCUT2D eigenvalue weighted by Crippen LogP contribution is -2.12. The predicted molar refractivity (Wildman–Crippen MR) is 118 cm³/mol. The average Bonchev–Trinajstić information content (AvgIpc) is 3.25. The number of rotatable bonds is 5. The van der Waals surface area contributed by atoms with Crippen molar-refractivity contribution in [3.63, 3.8) is 0 Å². The molecule has 0 atom stereocenters. The summed E-state index contributed by atoms with van der Waals surface area (Å²) in [6.07, 6.45) is 3.19. The first-order chi connectivity index (χ1) is 15.6. The van der Waals surface area contributed by atoms with Crippen LogP contribution in [-0.4, -0.2) is 25.4 Å². The summed E-state index contributed by atoms with van der Waals surface area (Å²) in [5.74, 6) is 0.190. The number of carbonyl (C=O) groups is 1. The third-order valence-electron chi connectivity index (χ3n) is 4.88. The number of nitrogens with one attached hydrogen (secondary N) is 1. The van der Waals surface area contributed by atoms with Crippen LogP contribution in [0.4, 0.5) is 11.4 Å². The Balaban J connectivity index is 1.36. The van der Waals surface area contributed by atoms with Crippen LogP contribution in [0.1, 0.15) is 10.4 Å². The molecule has 2 heterocycles. The van der Waals surface area contributed by atoms with Crippen molar-refractivity contribution in [2.45, 2.75) is 0 Å². The molecule has 0 unspecified atom stereocenters. The van der Waals surface area contributed by atoms with Gasteiger partial charge in [0.15, 0.2) is 5.65 Å². The summed E-state index contributed by atoms with van der Waals surface area (Å²) in [5, 5.41) is 19.2. The van der Waals surface area contributed by atoms with E-state index in [0.717, 1.165) is 10.9 Å². The van der Waals surface area contributed by atoms with Gasteiger partial charge in [-0.15, -0.1) is 0 Å². The fraction of sp³-hybridized carbons (Fsp3) is 0. The number of para-hydroxylation sites is 3. The Hall–Kier alpha value is -4.79. The van der Waals surface area contributed by atoms with Gasteiger partial charge in [0, 0.05) is 23.3 Å². The molecule has 9 nitrogen and oxygen atoms in total. The molecule has 5 rings (SSSR count). The van der Waals surface area contributed by atoms with Crippen LogP contribution < -0.4 is 10.1 Å². The number of carbonyl (C=O) groups excluding carboxylic acids is 1. The summed E-state index contributed by atoms with van der Waals surface area (Å²) >= 11 is 0. The van der Waals surface area contributed by atoms with Gasteiger partial charge in [0.1, 0.15) is 11.3 Å². The van der Waals surface area contributed by atoms with Crippen LogP contribution in [0.3, 0.4) is 0 Å². The minimum absolute atomic E-state index is 0.127. The molecule has 9 heteroatoms. The van der Waals surface area contributed by atoms with Crippen molar-refractivity contribution in [2.75, 3.05) is 5.32 Å². The summed E-state index contributed by atoms with van der Waals surface area (Å²) in [7, 11) is 0. The maximum atomic E-state index is 12.8. The molecule has 156 valence electrons. The van der Waals surface area contributed by atoms with Crippen molar-refractivity contribution < 1.29 is 14.5 Å². The number of amides is 1. The Morgan fingerprint density at radius 3 is 2.53 bits per heavy atom. The summed E-state index contributed by atoms with van der Waals surface area (Å²) in [6.45, 7) is 0. The van der Waals surface area contributed by atoms with E-state index in [1.807, 2.05) is 24.3 Å². The number of ether oxygens (including phenoxy) is 1. The number of nitro groups is 1. The zero-order valence-corrected chi connectivity index (χ0v) is 16.5. The normalized spacial score (nSPS) is 10.9. The van der Waals surface area contributed by atoms with Gasteiger partial charge < -0.3 is 10.1 Å². The predicted octanol–water partition coefficient (Wildman–Crippen LogP) is 4.84. The van der Waals surface area contributed by atoms with Gasteiger partial charge in [0.25, 0.3) is 5.91 Å². The molecule has 0 radical (unpaired) electrons. The van der Waals surface area contributed by atoms with Gasteiger partial charge in [-0.3, -0.25) is 14.9 Å². The summed E-state index contributed by atoms with van der Waals surface area (Å²) < 4.78 is 7.26. The Morgan fingerprint density at radius 1 is 0.969 bits per heavy atom. The first kappa shape index (κ1) is 19.2. The topological polar surface area (TPSA) is 112 Å². The van der Waals surface area contributed by atoms with E-state index in [1.54, 1.807) is 47.1 Å². The van der Waals surface area contributed by atoms with E-state index >= 15 is 0 Å². The highest BCUT2D eigenvalue weighted by Gasteiger charge is 2.17. The molecule has 0 aliphatic rings. The highest BCUT2D eigenvalue weighted by Crippen LogP contribution is 2.31. The summed E-state index contributed by atoms with van der Waals surface area (Å²) in [5.41, 5.74) is 2.06. The van der Waals surface area contributed by atoms with Gasteiger partial charge >= 0.3 is 5.69 Å². The van der Waals surface area contributed by atoms with Crippen LogP contribution in [0.25, 0.3) is 16.6 Å². The molecule has 32 heavy (non-hydrogen) atoms. The van der Waals surface area contributed by atoms with Gasteiger partial charge in [-0.1, -0.05) is 30.3 Å². The third-order valence-corrected chi connectivity index (χ3v) is 4.88. The first-order valence-electron chi connectivity index (χ1n) is 9.64. The van der Waals surface area contributed by atoms with E-state index in [1.165, 1.54) is 18.3 Å². The molecule has 0 spiro atoms. The number of nitrogens with zero attached hydrogens (tertiary/aromatic N) is 4. The minimum Gasteiger partial charge on any atom is -0.450 e. The second-order valence-electron chi connectivity index (χ2n) is 6.92. The maximum Gasteiger partial charge on any atom is 0.311 e. The molecule has 1 N–H and O–H groups in total. The van der Waals surface area contributed by atoms with Gasteiger partial charge in [-0.05, 0) is 36.4 Å². The zero-order valence-electron chi connectivity index (χ0n) is 16.5. The molecule has 0 saturated heterocycles. The second-order valence-corrected chi connectivity index (χ2v) is 6.92. The van der Waals surface area contributed by atoms with Crippen LogP contribution in [0.2, 0.25) is 0 Å². The molecule has 3 aromatic carbocycles. The molecule has 0 fully saturated rings. The fourth-order valence-electron chi connectivity index (χ4n) is 3.35. The van der Waals surface area contributed by atoms with Crippen LogP contribution in [0.15, 0.2) is 85.2 Å². The third kappa shape index (κ3) is 3.47. The van der Waals surface area contributed by atoms with Crippen molar-refractivity contribution in [1.29, 1.82) is 0 Å². The second kappa shape index (κ2) is 7.80. The lowest BCUT2D eigenvalue weighted by atomic mass is 10.2. The van der Waals surface area contributed by atoms with Crippen molar-refractivity contribution in [2.24, 2.45) is 0 Å². The number of aromatic nitrogens is 3.